The number of aromatic nitrogens is 4. The Hall–Kier alpha value is -5.36. The van der Waals surface area contributed by atoms with Gasteiger partial charge >= 0.3 is 0 Å². The van der Waals surface area contributed by atoms with Gasteiger partial charge in [-0.15, -0.1) is 0 Å². The molecule has 1 aliphatic rings. The lowest BCUT2D eigenvalue weighted by Crippen LogP contribution is -2.37. The van der Waals surface area contributed by atoms with Gasteiger partial charge in [-0.3, -0.25) is 19.3 Å². The van der Waals surface area contributed by atoms with Gasteiger partial charge in [-0.1, -0.05) is 24.3 Å². The van der Waals surface area contributed by atoms with Gasteiger partial charge in [0.1, 0.15) is 17.4 Å². The van der Waals surface area contributed by atoms with E-state index in [0.717, 1.165) is 31.6 Å². The molecule has 1 aliphatic heterocycles. The Labute approximate surface area is 352 Å². The van der Waals surface area contributed by atoms with Crippen LogP contribution in [-0.4, -0.2) is 102 Å². The highest BCUT2D eigenvalue weighted by molar-refractivity contribution is 9.11. The summed E-state index contributed by atoms with van der Waals surface area (Å²) in [6, 6.07) is 18.5. The Balaban J connectivity index is 0.000000273. The summed E-state index contributed by atoms with van der Waals surface area (Å²) >= 11 is 12.6. The van der Waals surface area contributed by atoms with Crippen molar-refractivity contribution in [2.45, 2.75) is 12.8 Å². The van der Waals surface area contributed by atoms with Gasteiger partial charge in [0.25, 0.3) is 11.8 Å². The number of nitrogens with zero attached hydrogens (tertiary/aromatic N) is 6. The summed E-state index contributed by atoms with van der Waals surface area (Å²) in [5.41, 5.74) is 5.44. The van der Waals surface area contributed by atoms with Crippen LogP contribution in [0.25, 0.3) is 0 Å². The minimum absolute atomic E-state index is 0.102. The average molecular weight is 924 g/mol. The highest BCUT2D eigenvalue weighted by atomic mass is 79.9. The first-order valence-electron chi connectivity index (χ1n) is 17.7. The van der Waals surface area contributed by atoms with Crippen molar-refractivity contribution in [3.8, 4) is 5.75 Å². The summed E-state index contributed by atoms with van der Waals surface area (Å²) in [7, 11) is 8.37. The number of methoxy groups -OCH3 is 1. The second kappa shape index (κ2) is 20.2. The van der Waals surface area contributed by atoms with Crippen LogP contribution in [0.5, 0.6) is 5.75 Å². The van der Waals surface area contributed by atoms with Crippen LogP contribution in [0.3, 0.4) is 0 Å². The molecule has 0 aliphatic carbocycles. The first-order valence-corrected chi connectivity index (χ1v) is 19.6. The monoisotopic (exact) mass is 921 g/mol. The number of ether oxygens (including phenoxy) is 1. The Morgan fingerprint density at radius 3 is 1.84 bits per heavy atom. The van der Waals surface area contributed by atoms with E-state index in [1.165, 1.54) is 11.1 Å². The predicted octanol–water partition coefficient (Wildman–Crippen LogP) is 6.58. The third-order valence-electron chi connectivity index (χ3n) is 8.78. The topological polar surface area (TPSA) is 179 Å². The minimum atomic E-state index is -0.198. The Kier molecular flexibility index (Phi) is 15.1. The first kappa shape index (κ1) is 42.8. The number of hydrogen-bond acceptors (Lipinski definition) is 12. The number of likely N-dealkylation sites (N-methyl/N-ethyl adjacent to an activating group) is 1. The average Bonchev–Trinajstić information content (AvgIpc) is 3.41. The molecule has 15 nitrogen and oxygen atoms in total. The molecule has 57 heavy (non-hydrogen) atoms. The van der Waals surface area contributed by atoms with Gasteiger partial charge in [0.15, 0.2) is 0 Å². The highest BCUT2D eigenvalue weighted by Gasteiger charge is 2.20. The SMILES string of the molecule is CNC(=O)c1ccccc1Nc1nc(Cl)ncc1Br.CNC(=O)c1ccccc1Nc1nc(Nc2cc3c(cc2OC)CCN(CC(=O)N(C)C)CC3)ncc1Br. The van der Waals surface area contributed by atoms with Gasteiger partial charge in [0.2, 0.25) is 17.1 Å². The summed E-state index contributed by atoms with van der Waals surface area (Å²) in [5, 5.41) is 14.9. The molecule has 0 saturated carbocycles. The lowest BCUT2D eigenvalue weighted by atomic mass is 10.0. The number of para-hydroxylation sites is 2. The number of hydrogen-bond donors (Lipinski definition) is 5. The van der Waals surface area contributed by atoms with Crippen molar-refractivity contribution in [3.05, 3.63) is 110 Å². The Morgan fingerprint density at radius 1 is 0.772 bits per heavy atom. The molecule has 298 valence electrons. The number of halogens is 3. The maximum atomic E-state index is 12.3. The molecule has 0 saturated heterocycles. The zero-order valence-corrected chi connectivity index (χ0v) is 35.8. The van der Waals surface area contributed by atoms with E-state index >= 15 is 0 Å². The molecule has 2 aromatic heterocycles. The maximum Gasteiger partial charge on any atom is 0.253 e. The summed E-state index contributed by atoms with van der Waals surface area (Å²) in [5.74, 6) is 1.79. The summed E-state index contributed by atoms with van der Waals surface area (Å²) < 4.78 is 6.99. The van der Waals surface area contributed by atoms with Gasteiger partial charge in [-0.25, -0.2) is 9.97 Å². The summed E-state index contributed by atoms with van der Waals surface area (Å²) in [6.45, 7) is 2.02. The first-order chi connectivity index (χ1) is 27.4. The molecule has 3 amide bonds. The van der Waals surface area contributed by atoms with E-state index in [4.69, 9.17) is 16.3 Å². The normalized spacial score (nSPS) is 12.1. The van der Waals surface area contributed by atoms with Crippen LogP contribution in [0.4, 0.5) is 34.6 Å². The fourth-order valence-electron chi connectivity index (χ4n) is 5.73. The molecule has 0 unspecified atom stereocenters. The number of anilines is 6. The molecule has 3 aromatic carbocycles. The van der Waals surface area contributed by atoms with Crippen LogP contribution in [-0.2, 0) is 17.6 Å². The smallest absolute Gasteiger partial charge is 0.253 e. The number of amides is 3. The molecule has 3 heterocycles. The van der Waals surface area contributed by atoms with E-state index < -0.39 is 0 Å². The summed E-state index contributed by atoms with van der Waals surface area (Å²) in [4.78, 5) is 57.0. The highest BCUT2D eigenvalue weighted by Crippen LogP contribution is 2.34. The molecule has 0 radical (unpaired) electrons. The summed E-state index contributed by atoms with van der Waals surface area (Å²) in [6.07, 6.45) is 4.84. The molecular weight excluding hydrogens is 882 g/mol. The fraction of sp³-hybridized carbons (Fsp3) is 0.256. The Bertz CT molecular complexity index is 2250. The maximum absolute atomic E-state index is 12.3. The lowest BCUT2D eigenvalue weighted by molar-refractivity contribution is -0.129. The van der Waals surface area contributed by atoms with E-state index in [0.29, 0.717) is 61.3 Å². The molecule has 5 aromatic rings. The largest absolute Gasteiger partial charge is 0.495 e. The quantitative estimate of drug-likeness (QED) is 0.0901. The van der Waals surface area contributed by atoms with Crippen LogP contribution >= 0.6 is 43.5 Å². The van der Waals surface area contributed by atoms with Crippen molar-refractivity contribution >= 4 is 95.8 Å². The van der Waals surface area contributed by atoms with Gasteiger partial charge in [0.05, 0.1) is 50.8 Å². The van der Waals surface area contributed by atoms with Crippen molar-refractivity contribution in [2.75, 3.05) is 70.9 Å². The van der Waals surface area contributed by atoms with E-state index in [-0.39, 0.29) is 23.0 Å². The molecule has 0 spiro atoms. The number of carbonyl (C=O) groups excluding carboxylic acids is 3. The molecule has 18 heteroatoms. The minimum Gasteiger partial charge on any atom is -0.495 e. The molecule has 0 bridgehead atoms. The van der Waals surface area contributed by atoms with Gasteiger partial charge in [0, 0.05) is 53.7 Å². The molecule has 6 rings (SSSR count). The molecule has 0 fully saturated rings. The molecular formula is C39H42Br2ClN11O4. The molecule has 0 atom stereocenters. The van der Waals surface area contributed by atoms with E-state index in [2.05, 4.69) is 89.3 Å². The zero-order valence-electron chi connectivity index (χ0n) is 31.9. The number of carbonyl (C=O) groups is 3. The van der Waals surface area contributed by atoms with Crippen LogP contribution in [0, 0.1) is 0 Å². The van der Waals surface area contributed by atoms with Crippen molar-refractivity contribution in [3.63, 3.8) is 0 Å². The number of rotatable bonds is 11. The number of benzene rings is 3. The number of fused-ring (bicyclic) bond motifs is 1. The second-order valence-corrected chi connectivity index (χ2v) is 14.8. The second-order valence-electron chi connectivity index (χ2n) is 12.7. The van der Waals surface area contributed by atoms with Crippen molar-refractivity contribution in [2.24, 2.45) is 0 Å². The molecule has 5 N–H and O–H groups in total. The van der Waals surface area contributed by atoms with Crippen LogP contribution < -0.4 is 31.3 Å². The third-order valence-corrected chi connectivity index (χ3v) is 10.1. The van der Waals surface area contributed by atoms with Gasteiger partial charge < -0.3 is 36.2 Å². The van der Waals surface area contributed by atoms with Gasteiger partial charge in [-0.2, -0.15) is 9.97 Å². The van der Waals surface area contributed by atoms with Crippen LogP contribution in [0.2, 0.25) is 5.28 Å². The predicted molar refractivity (Wildman–Crippen MR) is 230 cm³/mol. The fourth-order valence-corrected chi connectivity index (χ4v) is 6.45. The standard InChI is InChI=1S/C27H32BrN7O3.C12H10BrClN4O/c1-29-26(37)19-7-5-6-8-21(19)31-25-20(28)15-30-27(33-25)32-22-13-17-9-11-35(16-24(36)34(2)3)12-10-18(17)14-23(22)38-4;1-15-11(19)7-4-2-3-5-9(7)17-10-8(13)6-16-12(14)18-10/h5-8,13-15H,9-12,16H2,1-4H3,(H,29,37)(H2,30,31,32,33);2-6H,1H3,(H,15,19)(H,16,17,18). The van der Waals surface area contributed by atoms with Gasteiger partial charge in [-0.05, 0) is 104 Å². The van der Waals surface area contributed by atoms with Crippen molar-refractivity contribution < 1.29 is 19.1 Å². The third kappa shape index (κ3) is 11.4. The lowest BCUT2D eigenvalue weighted by Gasteiger charge is -2.21. The Morgan fingerprint density at radius 2 is 1.30 bits per heavy atom. The zero-order chi connectivity index (χ0) is 41.1. The number of nitrogens with one attached hydrogen (secondary N) is 5. The van der Waals surface area contributed by atoms with E-state index in [9.17, 15) is 14.4 Å². The van der Waals surface area contributed by atoms with Crippen LogP contribution in [0.1, 0.15) is 31.8 Å². The van der Waals surface area contributed by atoms with E-state index in [1.54, 1.807) is 76.9 Å². The van der Waals surface area contributed by atoms with Crippen molar-refractivity contribution in [1.29, 1.82) is 0 Å². The van der Waals surface area contributed by atoms with E-state index in [1.807, 2.05) is 30.3 Å². The van der Waals surface area contributed by atoms with Crippen LogP contribution in [0.15, 0.2) is 82.0 Å². The van der Waals surface area contributed by atoms with Crippen molar-refractivity contribution in [1.82, 2.24) is 40.4 Å².